The standard InChI is InChI=1S/C62H48N2/c1-59(2)43-25-13-21-39-40-22-14-26-44-54(40)63(53(39)43)57-47(59)29-33(30-48(57)60(44,3)4)51-35-17-9-11-19-37(35)52(38-20-12-10-18-36(38)51)34-31-49-58-50(32-34)62(7,8)46-28-16-24-42-41-23-15-27-45(61(49,5)6)55(41)64(58)56(42)46/h9-32H,1-8H3. The van der Waals surface area contributed by atoms with Crippen LogP contribution in [0.4, 0.5) is 0 Å². The van der Waals surface area contributed by atoms with Gasteiger partial charge in [0.2, 0.25) is 0 Å². The monoisotopic (exact) mass is 820 g/mol. The summed E-state index contributed by atoms with van der Waals surface area (Å²) in [4.78, 5) is 0. The first kappa shape index (κ1) is 35.5. The largest absolute Gasteiger partial charge is 0.308 e. The third-order valence-electron chi connectivity index (χ3n) is 17.2. The summed E-state index contributed by atoms with van der Waals surface area (Å²) in [6.07, 6.45) is 0. The van der Waals surface area contributed by atoms with Gasteiger partial charge in [-0.3, -0.25) is 0 Å². The highest BCUT2D eigenvalue weighted by Gasteiger charge is 2.46. The van der Waals surface area contributed by atoms with Crippen molar-refractivity contribution in [2.24, 2.45) is 0 Å². The molecule has 6 heterocycles. The van der Waals surface area contributed by atoms with E-state index < -0.39 is 0 Å². The molecule has 15 rings (SSSR count). The smallest absolute Gasteiger partial charge is 0.0582 e. The highest BCUT2D eigenvalue weighted by atomic mass is 15.0. The van der Waals surface area contributed by atoms with Gasteiger partial charge < -0.3 is 9.13 Å². The molecule has 11 aromatic rings. The molecule has 0 N–H and O–H groups in total. The lowest BCUT2D eigenvalue weighted by atomic mass is 9.67. The molecule has 0 saturated heterocycles. The number of hydrogen-bond acceptors (Lipinski definition) is 0. The lowest BCUT2D eigenvalue weighted by Crippen LogP contribution is -2.33. The third-order valence-corrected chi connectivity index (χ3v) is 17.2. The van der Waals surface area contributed by atoms with Crippen LogP contribution in [-0.4, -0.2) is 9.13 Å². The van der Waals surface area contributed by atoms with Crippen LogP contribution in [0.15, 0.2) is 146 Å². The molecule has 2 nitrogen and oxygen atoms in total. The van der Waals surface area contributed by atoms with Gasteiger partial charge in [0, 0.05) is 43.2 Å². The van der Waals surface area contributed by atoms with E-state index in [0.29, 0.717) is 0 Å². The summed E-state index contributed by atoms with van der Waals surface area (Å²) in [5, 5.41) is 10.6. The molecule has 0 saturated carbocycles. The normalized spacial score (nSPS) is 17.2. The van der Waals surface area contributed by atoms with Gasteiger partial charge in [-0.25, -0.2) is 0 Å². The van der Waals surface area contributed by atoms with Crippen LogP contribution in [0.25, 0.3) is 98.8 Å². The molecular formula is C62H48N2. The van der Waals surface area contributed by atoms with E-state index in [1.165, 1.54) is 143 Å². The Morgan fingerprint density at radius 2 is 0.500 bits per heavy atom. The second-order valence-corrected chi connectivity index (χ2v) is 21.7. The van der Waals surface area contributed by atoms with Gasteiger partial charge in [-0.1, -0.05) is 177 Å². The average molecular weight is 821 g/mol. The molecule has 2 aromatic heterocycles. The van der Waals surface area contributed by atoms with Crippen molar-refractivity contribution in [2.45, 2.75) is 77.0 Å². The molecule has 64 heavy (non-hydrogen) atoms. The summed E-state index contributed by atoms with van der Waals surface area (Å²) in [6.45, 7) is 19.6. The van der Waals surface area contributed by atoms with Gasteiger partial charge in [-0.15, -0.1) is 0 Å². The fourth-order valence-electron chi connectivity index (χ4n) is 14.0. The molecule has 4 aliphatic rings. The Labute approximate surface area is 373 Å². The van der Waals surface area contributed by atoms with Crippen molar-refractivity contribution in [3.63, 3.8) is 0 Å². The lowest BCUT2D eigenvalue weighted by molar-refractivity contribution is 0.594. The molecule has 0 aliphatic carbocycles. The zero-order valence-corrected chi connectivity index (χ0v) is 37.8. The minimum atomic E-state index is -0.207. The Balaban J connectivity index is 1.05. The van der Waals surface area contributed by atoms with Gasteiger partial charge >= 0.3 is 0 Å². The molecule has 0 spiro atoms. The van der Waals surface area contributed by atoms with Crippen LogP contribution in [0.2, 0.25) is 0 Å². The second-order valence-electron chi connectivity index (χ2n) is 21.7. The highest BCUT2D eigenvalue weighted by Crippen LogP contribution is 2.59. The molecule has 0 fully saturated rings. The average Bonchev–Trinajstić information content (AvgIpc) is 3.82. The molecule has 0 amide bonds. The van der Waals surface area contributed by atoms with Gasteiger partial charge in [0.1, 0.15) is 0 Å². The van der Waals surface area contributed by atoms with Crippen LogP contribution in [0.1, 0.15) is 99.9 Å². The van der Waals surface area contributed by atoms with Gasteiger partial charge in [0.25, 0.3) is 0 Å². The Morgan fingerprint density at radius 3 is 0.750 bits per heavy atom. The minimum absolute atomic E-state index is 0.207. The van der Waals surface area contributed by atoms with Crippen LogP contribution < -0.4 is 0 Å². The molecule has 306 valence electrons. The number of aromatic nitrogens is 2. The second kappa shape index (κ2) is 10.9. The van der Waals surface area contributed by atoms with Crippen molar-refractivity contribution in [1.29, 1.82) is 0 Å². The Kier molecular flexibility index (Phi) is 6.04. The van der Waals surface area contributed by atoms with Crippen LogP contribution in [0.3, 0.4) is 0 Å². The zero-order chi connectivity index (χ0) is 43.1. The van der Waals surface area contributed by atoms with Gasteiger partial charge in [-0.2, -0.15) is 0 Å². The van der Waals surface area contributed by atoms with Gasteiger partial charge in [0.15, 0.2) is 0 Å². The molecule has 4 aliphatic heterocycles. The lowest BCUT2D eigenvalue weighted by Gasteiger charge is -2.42. The van der Waals surface area contributed by atoms with Crippen molar-refractivity contribution in [3.8, 4) is 33.6 Å². The fraction of sp³-hybridized carbons (Fsp3) is 0.194. The van der Waals surface area contributed by atoms with E-state index in [9.17, 15) is 0 Å². The molecular weight excluding hydrogens is 773 g/mol. The predicted octanol–water partition coefficient (Wildman–Crippen LogP) is 16.1. The molecule has 0 unspecified atom stereocenters. The Bertz CT molecular complexity index is 3550. The number of hydrogen-bond donors (Lipinski definition) is 0. The number of fused-ring (bicyclic) bond motifs is 4. The highest BCUT2D eigenvalue weighted by molar-refractivity contribution is 6.22. The number of para-hydroxylation sites is 4. The van der Waals surface area contributed by atoms with E-state index in [2.05, 4.69) is 210 Å². The minimum Gasteiger partial charge on any atom is -0.308 e. The number of benzene rings is 9. The van der Waals surface area contributed by atoms with E-state index >= 15 is 0 Å². The molecule has 0 radical (unpaired) electrons. The van der Waals surface area contributed by atoms with Crippen LogP contribution >= 0.6 is 0 Å². The third kappa shape index (κ3) is 3.76. The van der Waals surface area contributed by atoms with E-state index in [1.807, 2.05) is 0 Å². The molecule has 9 aromatic carbocycles. The molecule has 0 bridgehead atoms. The first-order chi connectivity index (χ1) is 30.8. The van der Waals surface area contributed by atoms with E-state index in [-0.39, 0.29) is 21.7 Å². The summed E-state index contributed by atoms with van der Waals surface area (Å²) in [5.41, 5.74) is 23.9. The number of rotatable bonds is 2. The Morgan fingerprint density at radius 1 is 0.266 bits per heavy atom. The predicted molar refractivity (Wildman–Crippen MR) is 270 cm³/mol. The van der Waals surface area contributed by atoms with Crippen molar-refractivity contribution in [3.05, 3.63) is 190 Å². The fourth-order valence-corrected chi connectivity index (χ4v) is 14.0. The van der Waals surface area contributed by atoms with Crippen molar-refractivity contribution >= 4 is 65.2 Å². The number of nitrogens with zero attached hydrogens (tertiary/aromatic N) is 2. The van der Waals surface area contributed by atoms with Crippen molar-refractivity contribution in [2.75, 3.05) is 0 Å². The molecule has 0 atom stereocenters. The first-order valence-corrected chi connectivity index (χ1v) is 23.3. The van der Waals surface area contributed by atoms with E-state index in [1.54, 1.807) is 0 Å². The van der Waals surface area contributed by atoms with Gasteiger partial charge in [-0.05, 0) is 113 Å². The van der Waals surface area contributed by atoms with Gasteiger partial charge in [0.05, 0.1) is 33.4 Å². The zero-order valence-electron chi connectivity index (χ0n) is 37.8. The van der Waals surface area contributed by atoms with Crippen LogP contribution in [0, 0.1) is 0 Å². The summed E-state index contributed by atoms with van der Waals surface area (Å²) < 4.78 is 5.29. The quantitative estimate of drug-likeness (QED) is 0.154. The maximum absolute atomic E-state index is 2.64. The SMILES string of the molecule is CC1(C)c2cc(-c3c4ccccc4c(-c4cc5c6c(c4)C(C)(C)c4cccc7c8cccc(c8n-6c47)C5(C)C)c4ccccc34)cc3c2-n2c4c1cccc4c1cccc(c12)C3(C)C. The maximum Gasteiger partial charge on any atom is 0.0582 e. The Hall–Kier alpha value is -6.90. The van der Waals surface area contributed by atoms with Crippen molar-refractivity contribution in [1.82, 2.24) is 9.13 Å². The summed E-state index contributed by atoms with van der Waals surface area (Å²) in [6, 6.07) is 56.9. The van der Waals surface area contributed by atoms with E-state index in [0.717, 1.165) is 0 Å². The first-order valence-electron chi connectivity index (χ1n) is 23.3. The summed E-state index contributed by atoms with van der Waals surface area (Å²) in [7, 11) is 0. The van der Waals surface area contributed by atoms with Crippen LogP contribution in [-0.2, 0) is 21.7 Å². The van der Waals surface area contributed by atoms with E-state index in [4.69, 9.17) is 0 Å². The molecule has 2 heteroatoms. The maximum atomic E-state index is 2.64. The summed E-state index contributed by atoms with van der Waals surface area (Å²) in [5.74, 6) is 0. The summed E-state index contributed by atoms with van der Waals surface area (Å²) >= 11 is 0. The van der Waals surface area contributed by atoms with Crippen LogP contribution in [0.5, 0.6) is 0 Å². The van der Waals surface area contributed by atoms with Crippen molar-refractivity contribution < 1.29 is 0 Å². The topological polar surface area (TPSA) is 9.86 Å².